The lowest BCUT2D eigenvalue weighted by Crippen LogP contribution is -2.40. The first-order valence-electron chi connectivity index (χ1n) is 12.0. The van der Waals surface area contributed by atoms with E-state index in [4.69, 9.17) is 9.72 Å². The number of carbonyl (C=O) groups excluding carboxylic acids is 2. The number of rotatable bonds is 6. The lowest BCUT2D eigenvalue weighted by molar-refractivity contribution is -0.145. The van der Waals surface area contributed by atoms with Crippen molar-refractivity contribution in [3.63, 3.8) is 0 Å². The van der Waals surface area contributed by atoms with E-state index < -0.39 is 0 Å². The van der Waals surface area contributed by atoms with Crippen LogP contribution in [-0.4, -0.2) is 48.6 Å². The van der Waals surface area contributed by atoms with Crippen LogP contribution >= 0.6 is 0 Å². The SMILES string of the molecule is COC(=O)C(C)C1CCN(C(=O)NCCCc2ccc3c(n2)NCCC3)Cc2ccccc21. The summed E-state index contributed by atoms with van der Waals surface area (Å²) in [4.78, 5) is 31.7. The number of fused-ring (bicyclic) bond motifs is 2. The minimum Gasteiger partial charge on any atom is -0.469 e. The van der Waals surface area contributed by atoms with Gasteiger partial charge in [-0.2, -0.15) is 0 Å². The van der Waals surface area contributed by atoms with E-state index in [2.05, 4.69) is 28.8 Å². The van der Waals surface area contributed by atoms with Crippen molar-refractivity contribution in [1.29, 1.82) is 0 Å². The molecule has 1 aromatic carbocycles. The number of ether oxygens (including phenoxy) is 1. The highest BCUT2D eigenvalue weighted by Crippen LogP contribution is 2.34. The van der Waals surface area contributed by atoms with Crippen LogP contribution in [-0.2, 0) is 28.9 Å². The predicted molar refractivity (Wildman–Crippen MR) is 128 cm³/mol. The molecular formula is C26H34N4O3. The minimum atomic E-state index is -0.252. The van der Waals surface area contributed by atoms with Crippen LogP contribution in [0.3, 0.4) is 0 Å². The first-order valence-corrected chi connectivity index (χ1v) is 12.0. The van der Waals surface area contributed by atoms with E-state index in [0.717, 1.165) is 61.3 Å². The Morgan fingerprint density at radius 3 is 2.94 bits per heavy atom. The average Bonchev–Trinajstić information content (AvgIpc) is 3.05. The van der Waals surface area contributed by atoms with Crippen LogP contribution < -0.4 is 10.6 Å². The van der Waals surface area contributed by atoms with E-state index in [0.29, 0.717) is 19.6 Å². The average molecular weight is 451 g/mol. The fourth-order valence-electron chi connectivity index (χ4n) is 4.90. The Labute approximate surface area is 195 Å². The summed E-state index contributed by atoms with van der Waals surface area (Å²) in [6, 6.07) is 12.3. The fourth-order valence-corrected chi connectivity index (χ4v) is 4.90. The first kappa shape index (κ1) is 23.1. The maximum atomic E-state index is 12.9. The molecule has 0 radical (unpaired) electrons. The molecule has 2 unspecified atom stereocenters. The molecule has 0 saturated carbocycles. The number of nitrogens with zero attached hydrogens (tertiary/aromatic N) is 2. The first-order chi connectivity index (χ1) is 16.1. The third kappa shape index (κ3) is 5.46. The number of hydrogen-bond donors (Lipinski definition) is 2. The molecule has 3 heterocycles. The molecule has 176 valence electrons. The maximum absolute atomic E-state index is 12.9. The van der Waals surface area contributed by atoms with Crippen molar-refractivity contribution in [1.82, 2.24) is 15.2 Å². The number of urea groups is 1. The smallest absolute Gasteiger partial charge is 0.317 e. The Morgan fingerprint density at radius 2 is 2.09 bits per heavy atom. The second-order valence-electron chi connectivity index (χ2n) is 9.00. The zero-order valence-electron chi connectivity index (χ0n) is 19.6. The molecule has 2 N–H and O–H groups in total. The predicted octanol–water partition coefficient (Wildman–Crippen LogP) is 3.88. The summed E-state index contributed by atoms with van der Waals surface area (Å²) in [6.45, 7) is 4.64. The summed E-state index contributed by atoms with van der Waals surface area (Å²) in [5.74, 6) is 0.591. The number of aromatic nitrogens is 1. The number of methoxy groups -OCH3 is 1. The van der Waals surface area contributed by atoms with Gasteiger partial charge in [-0.05, 0) is 60.8 Å². The number of pyridine rings is 1. The van der Waals surface area contributed by atoms with Gasteiger partial charge < -0.3 is 20.3 Å². The van der Waals surface area contributed by atoms with Crippen LogP contribution in [0.4, 0.5) is 10.6 Å². The van der Waals surface area contributed by atoms with Gasteiger partial charge in [-0.15, -0.1) is 0 Å². The summed E-state index contributed by atoms with van der Waals surface area (Å²) in [7, 11) is 1.43. The van der Waals surface area contributed by atoms with E-state index in [-0.39, 0.29) is 23.8 Å². The van der Waals surface area contributed by atoms with Crippen LogP contribution in [0.25, 0.3) is 0 Å². The maximum Gasteiger partial charge on any atom is 0.317 e. The number of hydrogen-bond acceptors (Lipinski definition) is 5. The Bertz CT molecular complexity index is 993. The van der Waals surface area contributed by atoms with Gasteiger partial charge in [0.1, 0.15) is 5.82 Å². The third-order valence-corrected chi connectivity index (χ3v) is 6.83. The molecule has 1 aromatic heterocycles. The second-order valence-corrected chi connectivity index (χ2v) is 9.00. The summed E-state index contributed by atoms with van der Waals surface area (Å²) in [6.07, 6.45) is 4.64. The van der Waals surface area contributed by atoms with Crippen LogP contribution in [0.15, 0.2) is 36.4 Å². The lowest BCUT2D eigenvalue weighted by Gasteiger charge is -2.23. The zero-order chi connectivity index (χ0) is 23.2. The largest absolute Gasteiger partial charge is 0.469 e. The van der Waals surface area contributed by atoms with Gasteiger partial charge in [0.05, 0.1) is 13.0 Å². The molecule has 2 atom stereocenters. The van der Waals surface area contributed by atoms with Crippen LogP contribution in [0, 0.1) is 5.92 Å². The topological polar surface area (TPSA) is 83.6 Å². The van der Waals surface area contributed by atoms with E-state index in [1.165, 1.54) is 12.7 Å². The van der Waals surface area contributed by atoms with Crippen LogP contribution in [0.1, 0.15) is 54.5 Å². The number of amides is 2. The standard InChI is InChI=1S/C26H34N4O3/c1-18(25(31)33-2)22-13-16-30(17-20-7-3-4-10-23(20)22)26(32)28-15-6-9-21-12-11-19-8-5-14-27-24(19)29-21/h3-4,7,10-12,18,22H,5-6,8-9,13-17H2,1-2H3,(H,27,29)(H,28,32). The van der Waals surface area contributed by atoms with Crippen LogP contribution in [0.2, 0.25) is 0 Å². The van der Waals surface area contributed by atoms with Gasteiger partial charge in [0.15, 0.2) is 0 Å². The Balaban J connectivity index is 1.32. The van der Waals surface area contributed by atoms with E-state index >= 15 is 0 Å². The normalized spacial score (nSPS) is 18.2. The molecule has 0 bridgehead atoms. The second kappa shape index (κ2) is 10.7. The van der Waals surface area contributed by atoms with E-state index in [1.54, 1.807) is 0 Å². The minimum absolute atomic E-state index is 0.0372. The summed E-state index contributed by atoms with van der Waals surface area (Å²) >= 11 is 0. The third-order valence-electron chi connectivity index (χ3n) is 6.83. The summed E-state index contributed by atoms with van der Waals surface area (Å²) < 4.78 is 4.99. The van der Waals surface area contributed by atoms with Gasteiger partial charge in [-0.25, -0.2) is 9.78 Å². The van der Waals surface area contributed by atoms with E-state index in [9.17, 15) is 9.59 Å². The summed E-state index contributed by atoms with van der Waals surface area (Å²) in [5, 5.41) is 6.45. The molecule has 0 aliphatic carbocycles. The number of esters is 1. The highest BCUT2D eigenvalue weighted by Gasteiger charge is 2.31. The van der Waals surface area contributed by atoms with E-state index in [1.807, 2.05) is 30.0 Å². The molecule has 2 aromatic rings. The molecule has 33 heavy (non-hydrogen) atoms. The molecule has 2 amide bonds. The highest BCUT2D eigenvalue weighted by molar-refractivity contribution is 5.75. The van der Waals surface area contributed by atoms with Crippen molar-refractivity contribution in [3.05, 3.63) is 58.8 Å². The molecule has 0 fully saturated rings. The molecular weight excluding hydrogens is 416 g/mol. The number of anilines is 1. The van der Waals surface area contributed by atoms with Crippen molar-refractivity contribution < 1.29 is 14.3 Å². The van der Waals surface area contributed by atoms with Crippen LogP contribution in [0.5, 0.6) is 0 Å². The molecule has 4 rings (SSSR count). The zero-order valence-corrected chi connectivity index (χ0v) is 19.6. The van der Waals surface area contributed by atoms with Gasteiger partial charge in [0, 0.05) is 31.9 Å². The van der Waals surface area contributed by atoms with Gasteiger partial charge >= 0.3 is 12.0 Å². The number of carbonyl (C=O) groups is 2. The number of benzene rings is 1. The van der Waals surface area contributed by atoms with Gasteiger partial charge in [0.25, 0.3) is 0 Å². The van der Waals surface area contributed by atoms with Gasteiger partial charge in [0.2, 0.25) is 0 Å². The number of nitrogens with one attached hydrogen (secondary N) is 2. The summed E-state index contributed by atoms with van der Waals surface area (Å²) in [5.41, 5.74) is 4.58. The molecule has 2 aliphatic rings. The van der Waals surface area contributed by atoms with Crippen molar-refractivity contribution in [3.8, 4) is 0 Å². The molecule has 0 saturated heterocycles. The fraction of sp³-hybridized carbons (Fsp3) is 0.500. The lowest BCUT2D eigenvalue weighted by atomic mass is 9.83. The highest BCUT2D eigenvalue weighted by atomic mass is 16.5. The monoisotopic (exact) mass is 450 g/mol. The molecule has 0 spiro atoms. The van der Waals surface area contributed by atoms with Crippen molar-refractivity contribution in [2.75, 3.05) is 32.1 Å². The number of aryl methyl sites for hydroxylation is 2. The van der Waals surface area contributed by atoms with Crippen molar-refractivity contribution in [2.24, 2.45) is 5.92 Å². The Morgan fingerprint density at radius 1 is 1.24 bits per heavy atom. The quantitative estimate of drug-likeness (QED) is 0.515. The van der Waals surface area contributed by atoms with Gasteiger partial charge in [-0.1, -0.05) is 37.3 Å². The van der Waals surface area contributed by atoms with Crippen molar-refractivity contribution >= 4 is 17.8 Å². The Hall–Kier alpha value is -3.09. The van der Waals surface area contributed by atoms with Gasteiger partial charge in [-0.3, -0.25) is 4.79 Å². The Kier molecular flexibility index (Phi) is 7.47. The molecule has 7 nitrogen and oxygen atoms in total. The molecule has 2 aliphatic heterocycles. The van der Waals surface area contributed by atoms with Crippen molar-refractivity contribution in [2.45, 2.75) is 51.5 Å². The molecule has 7 heteroatoms.